The van der Waals surface area contributed by atoms with Gasteiger partial charge in [-0.15, -0.1) is 0 Å². The van der Waals surface area contributed by atoms with Gasteiger partial charge in [0.25, 0.3) is 0 Å². The minimum Gasteiger partial charge on any atom is -0.490 e. The van der Waals surface area contributed by atoms with E-state index in [-0.39, 0.29) is 5.91 Å². The molecule has 0 bridgehead atoms. The molecule has 0 spiro atoms. The van der Waals surface area contributed by atoms with E-state index < -0.39 is 0 Å². The predicted molar refractivity (Wildman–Crippen MR) is 57.9 cm³/mol. The molecule has 1 aromatic rings. The van der Waals surface area contributed by atoms with Crippen molar-refractivity contribution in [2.24, 2.45) is 0 Å². The van der Waals surface area contributed by atoms with Gasteiger partial charge in [-0.25, -0.2) is 0 Å². The van der Waals surface area contributed by atoms with E-state index in [2.05, 4.69) is 21.2 Å². The summed E-state index contributed by atoms with van der Waals surface area (Å²) in [6.45, 7) is 0.388. The zero-order valence-electron chi connectivity index (χ0n) is 7.14. The van der Waals surface area contributed by atoms with Crippen molar-refractivity contribution >= 4 is 39.1 Å². The molecule has 5 heteroatoms. The third kappa shape index (κ3) is 1.86. The van der Waals surface area contributed by atoms with Crippen LogP contribution in [-0.2, 0) is 4.79 Å². The fourth-order valence-corrected chi connectivity index (χ4v) is 2.18. The highest BCUT2D eigenvalue weighted by Gasteiger charge is 2.16. The number of benzene rings is 1. The number of halogens is 2. The molecule has 1 heterocycles. The molecule has 74 valence electrons. The maximum Gasteiger partial charge on any atom is 0.227 e. The molecular weight excluding hydrogens is 269 g/mol. The quantitative estimate of drug-likeness (QED) is 0.791. The highest BCUT2D eigenvalue weighted by Crippen LogP contribution is 2.37. The Bertz CT molecular complexity index is 395. The molecule has 0 atom stereocenters. The third-order valence-corrected chi connectivity index (χ3v) is 2.67. The van der Waals surface area contributed by atoms with Crippen LogP contribution in [0, 0.1) is 0 Å². The van der Waals surface area contributed by atoms with Crippen LogP contribution in [0.25, 0.3) is 0 Å². The van der Waals surface area contributed by atoms with Gasteiger partial charge in [-0.05, 0) is 28.1 Å². The van der Waals surface area contributed by atoms with Crippen LogP contribution in [0.1, 0.15) is 6.42 Å². The van der Waals surface area contributed by atoms with Gasteiger partial charge in [0.2, 0.25) is 5.91 Å². The number of amides is 1. The van der Waals surface area contributed by atoms with Gasteiger partial charge >= 0.3 is 0 Å². The Morgan fingerprint density at radius 1 is 1.50 bits per heavy atom. The number of fused-ring (bicyclic) bond motifs is 1. The van der Waals surface area contributed by atoms with E-state index in [0.717, 1.165) is 4.47 Å². The van der Waals surface area contributed by atoms with E-state index in [1.165, 1.54) is 0 Å². The first kappa shape index (κ1) is 9.80. The normalized spacial score (nSPS) is 15.1. The smallest absolute Gasteiger partial charge is 0.227 e. The maximum absolute atomic E-state index is 11.2. The van der Waals surface area contributed by atoms with Crippen molar-refractivity contribution in [1.29, 1.82) is 0 Å². The molecule has 1 aliphatic heterocycles. The van der Waals surface area contributed by atoms with Gasteiger partial charge in [-0.1, -0.05) is 11.6 Å². The monoisotopic (exact) mass is 275 g/mol. The largest absolute Gasteiger partial charge is 0.490 e. The minimum atomic E-state index is -0.0575. The molecule has 2 rings (SSSR count). The van der Waals surface area contributed by atoms with Crippen LogP contribution in [0.4, 0.5) is 5.69 Å². The lowest BCUT2D eigenvalue weighted by Crippen LogP contribution is -2.10. The van der Waals surface area contributed by atoms with E-state index >= 15 is 0 Å². The number of nitrogens with one attached hydrogen (secondary N) is 1. The molecular formula is C9H7BrClNO2. The second-order valence-electron chi connectivity index (χ2n) is 2.91. The Morgan fingerprint density at radius 2 is 2.29 bits per heavy atom. The van der Waals surface area contributed by atoms with Gasteiger partial charge in [0.1, 0.15) is 0 Å². The SMILES string of the molecule is O=C1CCOc2c(Br)cc(Cl)cc2N1. The number of carbonyl (C=O) groups is 1. The second kappa shape index (κ2) is 3.79. The lowest BCUT2D eigenvalue weighted by Gasteiger charge is -2.09. The first-order chi connectivity index (χ1) is 6.66. The molecule has 3 nitrogen and oxygen atoms in total. The summed E-state index contributed by atoms with van der Waals surface area (Å²) in [5.74, 6) is 0.582. The number of carbonyl (C=O) groups excluding carboxylic acids is 1. The van der Waals surface area contributed by atoms with Crippen molar-refractivity contribution in [3.05, 3.63) is 21.6 Å². The number of anilines is 1. The van der Waals surface area contributed by atoms with Crippen LogP contribution >= 0.6 is 27.5 Å². The maximum atomic E-state index is 11.2. The Morgan fingerprint density at radius 3 is 3.07 bits per heavy atom. The Labute approximate surface area is 94.5 Å². The summed E-state index contributed by atoms with van der Waals surface area (Å²) in [7, 11) is 0. The molecule has 0 aliphatic carbocycles. The molecule has 0 saturated carbocycles. The summed E-state index contributed by atoms with van der Waals surface area (Å²) in [4.78, 5) is 11.2. The number of ether oxygens (including phenoxy) is 1. The molecule has 0 radical (unpaired) electrons. The van der Waals surface area contributed by atoms with Crippen molar-refractivity contribution < 1.29 is 9.53 Å². The van der Waals surface area contributed by atoms with Crippen LogP contribution in [0.3, 0.4) is 0 Å². The molecule has 0 aromatic heterocycles. The molecule has 0 fully saturated rings. The summed E-state index contributed by atoms with van der Waals surface area (Å²) >= 11 is 9.17. The van der Waals surface area contributed by atoms with Crippen molar-refractivity contribution in [3.63, 3.8) is 0 Å². The first-order valence-electron chi connectivity index (χ1n) is 4.08. The number of hydrogen-bond donors (Lipinski definition) is 1. The lowest BCUT2D eigenvalue weighted by molar-refractivity contribution is -0.116. The average molecular weight is 277 g/mol. The summed E-state index contributed by atoms with van der Waals surface area (Å²) in [6.07, 6.45) is 0.360. The van der Waals surface area contributed by atoms with E-state index in [0.29, 0.717) is 29.5 Å². The van der Waals surface area contributed by atoms with E-state index in [9.17, 15) is 4.79 Å². The van der Waals surface area contributed by atoms with E-state index in [1.807, 2.05) is 0 Å². The first-order valence-corrected chi connectivity index (χ1v) is 5.25. The highest BCUT2D eigenvalue weighted by atomic mass is 79.9. The van der Waals surface area contributed by atoms with Crippen LogP contribution in [0.15, 0.2) is 16.6 Å². The molecule has 0 unspecified atom stereocenters. The van der Waals surface area contributed by atoms with E-state index in [1.54, 1.807) is 12.1 Å². The average Bonchev–Trinajstić information content (AvgIpc) is 2.25. The molecule has 1 aromatic carbocycles. The van der Waals surface area contributed by atoms with Gasteiger partial charge in [-0.3, -0.25) is 4.79 Å². The summed E-state index contributed by atoms with van der Waals surface area (Å²) in [6, 6.07) is 3.41. The van der Waals surface area contributed by atoms with Crippen molar-refractivity contribution in [1.82, 2.24) is 0 Å². The minimum absolute atomic E-state index is 0.0575. The van der Waals surface area contributed by atoms with Crippen LogP contribution in [0.5, 0.6) is 5.75 Å². The molecule has 1 N–H and O–H groups in total. The highest BCUT2D eigenvalue weighted by molar-refractivity contribution is 9.10. The number of hydrogen-bond acceptors (Lipinski definition) is 2. The topological polar surface area (TPSA) is 38.3 Å². The van der Waals surface area contributed by atoms with Crippen molar-refractivity contribution in [2.75, 3.05) is 11.9 Å². The zero-order chi connectivity index (χ0) is 10.1. The van der Waals surface area contributed by atoms with Crippen LogP contribution < -0.4 is 10.1 Å². The predicted octanol–water partition coefficient (Wildman–Crippen LogP) is 2.82. The van der Waals surface area contributed by atoms with Gasteiger partial charge in [0, 0.05) is 5.02 Å². The standard InChI is InChI=1S/C9H7BrClNO2/c10-6-3-5(11)4-7-9(6)14-2-1-8(13)12-7/h3-4H,1-2H2,(H,12,13). The second-order valence-corrected chi connectivity index (χ2v) is 4.20. The Kier molecular flexibility index (Phi) is 2.65. The van der Waals surface area contributed by atoms with Crippen molar-refractivity contribution in [2.45, 2.75) is 6.42 Å². The number of rotatable bonds is 0. The Balaban J connectivity index is 2.50. The summed E-state index contributed by atoms with van der Waals surface area (Å²) in [5, 5.41) is 3.28. The van der Waals surface area contributed by atoms with Gasteiger partial charge < -0.3 is 10.1 Å². The molecule has 1 aliphatic rings. The van der Waals surface area contributed by atoms with Gasteiger partial charge in [-0.2, -0.15) is 0 Å². The third-order valence-electron chi connectivity index (χ3n) is 1.86. The zero-order valence-corrected chi connectivity index (χ0v) is 9.48. The summed E-state index contributed by atoms with van der Waals surface area (Å²) < 4.78 is 6.17. The fraction of sp³-hybridized carbons (Fsp3) is 0.222. The van der Waals surface area contributed by atoms with Gasteiger partial charge in [0.05, 0.1) is 23.2 Å². The molecule has 14 heavy (non-hydrogen) atoms. The van der Waals surface area contributed by atoms with Gasteiger partial charge in [0.15, 0.2) is 5.75 Å². The lowest BCUT2D eigenvalue weighted by atomic mass is 10.3. The Hall–Kier alpha value is -0.740. The van der Waals surface area contributed by atoms with E-state index in [4.69, 9.17) is 16.3 Å². The molecule has 1 amide bonds. The van der Waals surface area contributed by atoms with Crippen molar-refractivity contribution in [3.8, 4) is 5.75 Å². The van der Waals surface area contributed by atoms with Crippen LogP contribution in [0.2, 0.25) is 5.02 Å². The fourth-order valence-electron chi connectivity index (χ4n) is 1.26. The molecule has 0 saturated heterocycles. The van der Waals surface area contributed by atoms with Crippen LogP contribution in [-0.4, -0.2) is 12.5 Å². The summed E-state index contributed by atoms with van der Waals surface area (Å²) in [5.41, 5.74) is 0.617.